The second-order valence-corrected chi connectivity index (χ2v) is 10.5. The van der Waals surface area contributed by atoms with Crippen molar-refractivity contribution in [2.45, 2.75) is 45.6 Å². The third-order valence-electron chi connectivity index (χ3n) is 6.74. The van der Waals surface area contributed by atoms with Gasteiger partial charge in [0, 0.05) is 22.0 Å². The standard InChI is InChI=1S/C23H24Cl2N4OS/c1-12-7-21(22(30)26-13(2)18-9-14-3-4-15(18)8-14)29(28-12)23-27-20(11-31-23)17-6-5-16(24)10-19(17)25/h5-7,10-11,13-15,18H,3-4,8-9H2,1-2H3,(H,26,30)/t13-,14+,15+,18-/m1/s1. The lowest BCUT2D eigenvalue weighted by molar-refractivity contribution is 0.0907. The number of hydrogen-bond acceptors (Lipinski definition) is 4. The fourth-order valence-electron chi connectivity index (χ4n) is 5.28. The number of benzene rings is 1. The van der Waals surface area contributed by atoms with Crippen molar-refractivity contribution < 1.29 is 4.79 Å². The number of aryl methyl sites for hydroxylation is 1. The Labute approximate surface area is 195 Å². The number of fused-ring (bicyclic) bond motifs is 2. The highest BCUT2D eigenvalue weighted by molar-refractivity contribution is 7.12. The Balaban J connectivity index is 1.38. The zero-order valence-electron chi connectivity index (χ0n) is 17.4. The summed E-state index contributed by atoms with van der Waals surface area (Å²) in [5.74, 6) is 2.10. The summed E-state index contributed by atoms with van der Waals surface area (Å²) in [7, 11) is 0. The molecule has 2 heterocycles. The zero-order valence-corrected chi connectivity index (χ0v) is 19.8. The number of carbonyl (C=O) groups excluding carboxylic acids is 1. The minimum absolute atomic E-state index is 0.0999. The molecule has 2 aromatic heterocycles. The number of amides is 1. The Kier molecular flexibility index (Phi) is 5.57. The molecule has 0 spiro atoms. The Hall–Kier alpha value is -1.89. The maximum absolute atomic E-state index is 13.2. The van der Waals surface area contributed by atoms with Crippen molar-refractivity contribution in [3.63, 3.8) is 0 Å². The molecule has 2 bridgehead atoms. The summed E-state index contributed by atoms with van der Waals surface area (Å²) in [4.78, 5) is 17.9. The molecule has 8 heteroatoms. The van der Waals surface area contributed by atoms with E-state index in [1.54, 1.807) is 16.8 Å². The Morgan fingerprint density at radius 3 is 2.81 bits per heavy atom. The van der Waals surface area contributed by atoms with Gasteiger partial charge in [-0.1, -0.05) is 29.6 Å². The van der Waals surface area contributed by atoms with Gasteiger partial charge in [0.25, 0.3) is 5.91 Å². The monoisotopic (exact) mass is 474 g/mol. The fraction of sp³-hybridized carbons (Fsp3) is 0.435. The maximum atomic E-state index is 13.2. The van der Waals surface area contributed by atoms with Crippen LogP contribution in [0.15, 0.2) is 29.6 Å². The third kappa shape index (κ3) is 4.01. The van der Waals surface area contributed by atoms with Gasteiger partial charge in [0.05, 0.1) is 16.4 Å². The minimum Gasteiger partial charge on any atom is -0.348 e. The lowest BCUT2D eigenvalue weighted by Crippen LogP contribution is -2.40. The second-order valence-electron chi connectivity index (χ2n) is 8.82. The first kappa shape index (κ1) is 21.0. The van der Waals surface area contributed by atoms with E-state index >= 15 is 0 Å². The molecule has 2 fully saturated rings. The number of carbonyl (C=O) groups is 1. The summed E-state index contributed by atoms with van der Waals surface area (Å²) >= 11 is 13.8. The lowest BCUT2D eigenvalue weighted by atomic mass is 9.84. The number of rotatable bonds is 5. The van der Waals surface area contributed by atoms with E-state index in [-0.39, 0.29) is 11.9 Å². The first-order valence-corrected chi connectivity index (χ1v) is 12.3. The van der Waals surface area contributed by atoms with Crippen LogP contribution in [0.5, 0.6) is 0 Å². The van der Waals surface area contributed by atoms with Gasteiger partial charge < -0.3 is 5.32 Å². The van der Waals surface area contributed by atoms with Crippen LogP contribution in [0.3, 0.4) is 0 Å². The van der Waals surface area contributed by atoms with E-state index in [0.717, 1.165) is 28.8 Å². The van der Waals surface area contributed by atoms with Crippen LogP contribution in [0.4, 0.5) is 0 Å². The van der Waals surface area contributed by atoms with Gasteiger partial charge in [0.1, 0.15) is 5.69 Å². The molecule has 5 rings (SSSR count). The summed E-state index contributed by atoms with van der Waals surface area (Å²) in [6.45, 7) is 4.03. The highest BCUT2D eigenvalue weighted by atomic mass is 35.5. The molecule has 2 aliphatic rings. The maximum Gasteiger partial charge on any atom is 0.270 e. The first-order valence-electron chi connectivity index (χ1n) is 10.7. The topological polar surface area (TPSA) is 59.8 Å². The molecule has 2 aliphatic carbocycles. The van der Waals surface area contributed by atoms with E-state index in [2.05, 4.69) is 17.3 Å². The van der Waals surface area contributed by atoms with Crippen LogP contribution >= 0.6 is 34.5 Å². The summed E-state index contributed by atoms with van der Waals surface area (Å²) in [5, 5.41) is 11.4. The van der Waals surface area contributed by atoms with E-state index in [4.69, 9.17) is 28.2 Å². The number of halogens is 2. The van der Waals surface area contributed by atoms with Crippen LogP contribution in [0, 0.1) is 24.7 Å². The molecule has 31 heavy (non-hydrogen) atoms. The van der Waals surface area contributed by atoms with Crippen LogP contribution < -0.4 is 5.32 Å². The predicted octanol–water partition coefficient (Wildman–Crippen LogP) is 6.17. The quantitative estimate of drug-likeness (QED) is 0.481. The van der Waals surface area contributed by atoms with Crippen LogP contribution in [0.1, 0.15) is 48.8 Å². The molecule has 3 aromatic rings. The Morgan fingerprint density at radius 1 is 1.26 bits per heavy atom. The van der Waals surface area contributed by atoms with Crippen molar-refractivity contribution in [3.05, 3.63) is 51.1 Å². The van der Waals surface area contributed by atoms with Crippen LogP contribution in [-0.2, 0) is 0 Å². The van der Waals surface area contributed by atoms with E-state index in [9.17, 15) is 4.79 Å². The number of hydrogen-bond donors (Lipinski definition) is 1. The van der Waals surface area contributed by atoms with E-state index in [1.807, 2.05) is 24.4 Å². The molecule has 0 unspecified atom stereocenters. The highest BCUT2D eigenvalue weighted by Gasteiger charge is 2.42. The van der Waals surface area contributed by atoms with Crippen LogP contribution in [0.25, 0.3) is 16.4 Å². The molecule has 1 N–H and O–H groups in total. The number of aromatic nitrogens is 3. The molecule has 0 radical (unpaired) electrons. The fourth-order valence-corrected chi connectivity index (χ4v) is 6.58. The first-order chi connectivity index (χ1) is 14.9. The molecule has 162 valence electrons. The average molecular weight is 475 g/mol. The van der Waals surface area contributed by atoms with Crippen LogP contribution in [-0.4, -0.2) is 26.7 Å². The van der Waals surface area contributed by atoms with E-state index < -0.39 is 0 Å². The van der Waals surface area contributed by atoms with Crippen molar-refractivity contribution in [2.75, 3.05) is 0 Å². The second kappa shape index (κ2) is 8.23. The molecule has 1 aromatic carbocycles. The molecule has 0 saturated heterocycles. The number of nitrogens with one attached hydrogen (secondary N) is 1. The van der Waals surface area contributed by atoms with E-state index in [1.165, 1.54) is 37.0 Å². The molecule has 4 atom stereocenters. The van der Waals surface area contributed by atoms with Gasteiger partial charge in [-0.2, -0.15) is 5.10 Å². The molecule has 0 aliphatic heterocycles. The van der Waals surface area contributed by atoms with Gasteiger partial charge in [-0.3, -0.25) is 4.79 Å². The van der Waals surface area contributed by atoms with Gasteiger partial charge >= 0.3 is 0 Å². The molecule has 2 saturated carbocycles. The largest absolute Gasteiger partial charge is 0.348 e. The van der Waals surface area contributed by atoms with Gasteiger partial charge in [0.15, 0.2) is 0 Å². The van der Waals surface area contributed by atoms with Crippen molar-refractivity contribution >= 4 is 40.4 Å². The highest BCUT2D eigenvalue weighted by Crippen LogP contribution is 2.49. The summed E-state index contributed by atoms with van der Waals surface area (Å²) in [6, 6.07) is 7.31. The van der Waals surface area contributed by atoms with Gasteiger partial charge in [-0.05, 0) is 75.1 Å². The predicted molar refractivity (Wildman–Crippen MR) is 125 cm³/mol. The molecular formula is C23H24Cl2N4OS. The lowest BCUT2D eigenvalue weighted by Gasteiger charge is -2.28. The SMILES string of the molecule is Cc1cc(C(=O)N[C@H](C)[C@H]2C[C@H]3CC[C@H]2C3)n(-c2nc(-c3ccc(Cl)cc3Cl)cs2)n1. The number of nitrogens with zero attached hydrogens (tertiary/aromatic N) is 3. The molecular weight excluding hydrogens is 451 g/mol. The average Bonchev–Trinajstić information content (AvgIpc) is 3.51. The van der Waals surface area contributed by atoms with Gasteiger partial charge in [-0.15, -0.1) is 11.3 Å². The van der Waals surface area contributed by atoms with Crippen molar-refractivity contribution in [3.8, 4) is 16.4 Å². The summed E-state index contributed by atoms with van der Waals surface area (Å²) in [6.07, 6.45) is 5.23. The minimum atomic E-state index is -0.0999. The van der Waals surface area contributed by atoms with Crippen molar-refractivity contribution in [2.24, 2.45) is 17.8 Å². The van der Waals surface area contributed by atoms with Gasteiger partial charge in [-0.25, -0.2) is 9.67 Å². The van der Waals surface area contributed by atoms with Crippen molar-refractivity contribution in [1.82, 2.24) is 20.1 Å². The summed E-state index contributed by atoms with van der Waals surface area (Å²) in [5.41, 5.74) is 2.82. The number of thiazole rings is 1. The van der Waals surface area contributed by atoms with Crippen molar-refractivity contribution in [1.29, 1.82) is 0 Å². The molecule has 1 amide bonds. The zero-order chi connectivity index (χ0) is 21.7. The smallest absolute Gasteiger partial charge is 0.270 e. The van der Waals surface area contributed by atoms with E-state index in [0.29, 0.717) is 26.8 Å². The summed E-state index contributed by atoms with van der Waals surface area (Å²) < 4.78 is 1.64. The van der Waals surface area contributed by atoms with Gasteiger partial charge in [0.2, 0.25) is 5.13 Å². The Bertz CT molecular complexity index is 1140. The Morgan fingerprint density at radius 2 is 2.10 bits per heavy atom. The normalized spacial score (nSPS) is 23.3. The van der Waals surface area contributed by atoms with Crippen LogP contribution in [0.2, 0.25) is 10.0 Å². The third-order valence-corrected chi connectivity index (χ3v) is 8.10. The molecule has 5 nitrogen and oxygen atoms in total.